The minimum Gasteiger partial charge on any atom is -0.452 e. The van der Waals surface area contributed by atoms with Crippen LogP contribution in [-0.4, -0.2) is 5.91 Å². The molecular formula is C16H12ClNO2S. The molecule has 0 saturated carbocycles. The van der Waals surface area contributed by atoms with Gasteiger partial charge in [0.2, 0.25) is 5.22 Å². The van der Waals surface area contributed by atoms with Crippen LogP contribution in [0, 0.1) is 0 Å². The first kappa shape index (κ1) is 13.9. The van der Waals surface area contributed by atoms with Gasteiger partial charge in [0.1, 0.15) is 0 Å². The van der Waals surface area contributed by atoms with Gasteiger partial charge in [-0.15, -0.1) is 11.3 Å². The molecule has 21 heavy (non-hydrogen) atoms. The molecule has 0 radical (unpaired) electrons. The van der Waals surface area contributed by atoms with Gasteiger partial charge in [-0.2, -0.15) is 0 Å². The Morgan fingerprint density at radius 3 is 2.57 bits per heavy atom. The van der Waals surface area contributed by atoms with Crippen LogP contribution in [0.15, 0.2) is 64.6 Å². The Morgan fingerprint density at radius 2 is 1.95 bits per heavy atom. The molecule has 106 valence electrons. The van der Waals surface area contributed by atoms with Crippen molar-refractivity contribution in [1.29, 1.82) is 0 Å². The van der Waals surface area contributed by atoms with Gasteiger partial charge in [-0.05, 0) is 34.7 Å². The predicted octanol–water partition coefficient (Wildman–Crippen LogP) is 4.51. The summed E-state index contributed by atoms with van der Waals surface area (Å²) in [5.74, 6) is -0.254. The summed E-state index contributed by atoms with van der Waals surface area (Å²) in [4.78, 5) is 13.4. The lowest BCUT2D eigenvalue weighted by molar-refractivity contribution is 0.0943. The molecule has 1 aromatic carbocycles. The van der Waals surface area contributed by atoms with Crippen LogP contribution in [0.5, 0.6) is 0 Å². The molecule has 3 aromatic rings. The summed E-state index contributed by atoms with van der Waals surface area (Å²) in [5, 5.41) is 5.10. The minimum atomic E-state index is -0.254. The maximum Gasteiger partial charge on any atom is 0.256 e. The molecule has 1 unspecified atom stereocenters. The average molecular weight is 318 g/mol. The molecule has 2 aromatic heterocycles. The van der Waals surface area contributed by atoms with Crippen LogP contribution in [0.4, 0.5) is 0 Å². The van der Waals surface area contributed by atoms with E-state index in [4.69, 9.17) is 16.0 Å². The van der Waals surface area contributed by atoms with Gasteiger partial charge in [0, 0.05) is 4.88 Å². The summed E-state index contributed by atoms with van der Waals surface area (Å²) >= 11 is 7.46. The zero-order chi connectivity index (χ0) is 14.7. The zero-order valence-corrected chi connectivity index (χ0v) is 12.5. The number of furan rings is 1. The van der Waals surface area contributed by atoms with E-state index in [2.05, 4.69) is 5.32 Å². The number of hydrogen-bond donors (Lipinski definition) is 1. The molecule has 5 heteroatoms. The highest BCUT2D eigenvalue weighted by Gasteiger charge is 2.21. The van der Waals surface area contributed by atoms with E-state index in [1.165, 1.54) is 6.26 Å². The average Bonchev–Trinajstić information content (AvgIpc) is 3.17. The van der Waals surface area contributed by atoms with Crippen LogP contribution in [0.2, 0.25) is 5.22 Å². The third kappa shape index (κ3) is 3.01. The first-order valence-corrected chi connectivity index (χ1v) is 7.63. The van der Waals surface area contributed by atoms with Gasteiger partial charge in [-0.3, -0.25) is 4.79 Å². The van der Waals surface area contributed by atoms with Crippen LogP contribution in [0.25, 0.3) is 0 Å². The Kier molecular flexibility index (Phi) is 4.08. The molecule has 2 heterocycles. The molecule has 3 rings (SSSR count). The van der Waals surface area contributed by atoms with E-state index in [1.807, 2.05) is 47.8 Å². The second kappa shape index (κ2) is 6.16. The van der Waals surface area contributed by atoms with Crippen LogP contribution in [0.1, 0.15) is 26.8 Å². The fourth-order valence-corrected chi connectivity index (χ4v) is 3.09. The normalized spacial score (nSPS) is 12.0. The predicted molar refractivity (Wildman–Crippen MR) is 83.8 cm³/mol. The summed E-state index contributed by atoms with van der Waals surface area (Å²) in [7, 11) is 0. The summed E-state index contributed by atoms with van der Waals surface area (Å²) in [5.41, 5.74) is 1.36. The first-order valence-electron chi connectivity index (χ1n) is 6.38. The minimum absolute atomic E-state index is 0.102. The summed E-state index contributed by atoms with van der Waals surface area (Å²) < 4.78 is 4.97. The number of amides is 1. The van der Waals surface area contributed by atoms with E-state index < -0.39 is 0 Å². The van der Waals surface area contributed by atoms with Crippen molar-refractivity contribution >= 4 is 28.8 Å². The van der Waals surface area contributed by atoms with Crippen molar-refractivity contribution in [2.75, 3.05) is 0 Å². The Labute approximate surface area is 131 Å². The quantitative estimate of drug-likeness (QED) is 0.769. The van der Waals surface area contributed by atoms with E-state index in [0.29, 0.717) is 5.56 Å². The molecule has 0 aliphatic heterocycles. The maximum atomic E-state index is 12.4. The molecule has 0 saturated heterocycles. The van der Waals surface area contributed by atoms with Gasteiger partial charge in [-0.1, -0.05) is 36.4 Å². The van der Waals surface area contributed by atoms with Gasteiger partial charge in [-0.25, -0.2) is 0 Å². The van der Waals surface area contributed by atoms with Gasteiger partial charge in [0.05, 0.1) is 17.9 Å². The number of thiophene rings is 1. The van der Waals surface area contributed by atoms with E-state index in [1.54, 1.807) is 17.4 Å². The summed E-state index contributed by atoms with van der Waals surface area (Å²) in [6, 6.07) is 15.2. The van der Waals surface area contributed by atoms with E-state index in [-0.39, 0.29) is 17.2 Å². The van der Waals surface area contributed by atoms with Crippen molar-refractivity contribution < 1.29 is 9.21 Å². The number of nitrogens with one attached hydrogen (secondary N) is 1. The lowest BCUT2D eigenvalue weighted by Crippen LogP contribution is -2.28. The van der Waals surface area contributed by atoms with Crippen LogP contribution < -0.4 is 5.32 Å². The Hall–Kier alpha value is -2.04. The molecule has 0 fully saturated rings. The zero-order valence-electron chi connectivity index (χ0n) is 11.0. The van der Waals surface area contributed by atoms with Gasteiger partial charge < -0.3 is 9.73 Å². The smallest absolute Gasteiger partial charge is 0.256 e. The number of benzene rings is 1. The second-order valence-electron chi connectivity index (χ2n) is 4.44. The first-order chi connectivity index (χ1) is 10.3. The third-order valence-corrected chi connectivity index (χ3v) is 4.33. The monoisotopic (exact) mass is 317 g/mol. The highest BCUT2D eigenvalue weighted by Crippen LogP contribution is 2.27. The highest BCUT2D eigenvalue weighted by atomic mass is 35.5. The standard InChI is InChI=1S/C16H12ClNO2S/c17-15-12(8-9-20-15)16(19)18-14(13-7-4-10-21-13)11-5-2-1-3-6-11/h1-10,14H,(H,18,19). The third-order valence-electron chi connectivity index (χ3n) is 3.10. The molecule has 1 amide bonds. The number of hydrogen-bond acceptors (Lipinski definition) is 3. The SMILES string of the molecule is O=C(NC(c1ccccc1)c1cccs1)c1ccoc1Cl. The largest absolute Gasteiger partial charge is 0.452 e. The number of halogens is 1. The number of rotatable bonds is 4. The molecule has 3 nitrogen and oxygen atoms in total. The molecule has 0 aliphatic rings. The van der Waals surface area contributed by atoms with Crippen molar-refractivity contribution in [1.82, 2.24) is 5.32 Å². The lowest BCUT2D eigenvalue weighted by atomic mass is 10.1. The number of carbonyl (C=O) groups excluding carboxylic acids is 1. The van der Waals surface area contributed by atoms with E-state index in [9.17, 15) is 4.79 Å². The fourth-order valence-electron chi connectivity index (χ4n) is 2.08. The van der Waals surface area contributed by atoms with E-state index >= 15 is 0 Å². The van der Waals surface area contributed by atoms with Crippen molar-refractivity contribution in [3.63, 3.8) is 0 Å². The lowest BCUT2D eigenvalue weighted by Gasteiger charge is -2.17. The molecule has 1 N–H and O–H groups in total. The topological polar surface area (TPSA) is 42.2 Å². The molecule has 0 spiro atoms. The van der Waals surface area contributed by atoms with Gasteiger partial charge in [0.25, 0.3) is 5.91 Å². The Morgan fingerprint density at radius 1 is 1.14 bits per heavy atom. The van der Waals surface area contributed by atoms with Crippen LogP contribution >= 0.6 is 22.9 Å². The van der Waals surface area contributed by atoms with Crippen molar-refractivity contribution in [3.8, 4) is 0 Å². The Bertz CT molecular complexity index is 722. The van der Waals surface area contributed by atoms with Crippen molar-refractivity contribution in [3.05, 3.63) is 81.4 Å². The van der Waals surface area contributed by atoms with Crippen LogP contribution in [0.3, 0.4) is 0 Å². The van der Waals surface area contributed by atoms with Crippen LogP contribution in [-0.2, 0) is 0 Å². The maximum absolute atomic E-state index is 12.4. The molecule has 0 bridgehead atoms. The fraction of sp³-hybridized carbons (Fsp3) is 0.0625. The van der Waals surface area contributed by atoms with Gasteiger partial charge >= 0.3 is 0 Å². The van der Waals surface area contributed by atoms with E-state index in [0.717, 1.165) is 10.4 Å². The van der Waals surface area contributed by atoms with Crippen molar-refractivity contribution in [2.24, 2.45) is 0 Å². The molecular weight excluding hydrogens is 306 g/mol. The molecule has 1 atom stereocenters. The Balaban J connectivity index is 1.91. The summed E-state index contributed by atoms with van der Waals surface area (Å²) in [6.45, 7) is 0. The molecule has 0 aliphatic carbocycles. The highest BCUT2D eigenvalue weighted by molar-refractivity contribution is 7.10. The van der Waals surface area contributed by atoms with Gasteiger partial charge in [0.15, 0.2) is 0 Å². The summed E-state index contributed by atoms with van der Waals surface area (Å²) in [6.07, 6.45) is 1.40. The van der Waals surface area contributed by atoms with Crippen molar-refractivity contribution in [2.45, 2.75) is 6.04 Å². The number of carbonyl (C=O) groups is 1. The second-order valence-corrected chi connectivity index (χ2v) is 5.76.